The number of benzene rings is 1. The minimum Gasteiger partial charge on any atom is -0.426 e. The predicted molar refractivity (Wildman–Crippen MR) is 92.8 cm³/mol. The van der Waals surface area contributed by atoms with Crippen LogP contribution in [-0.4, -0.2) is 18.0 Å². The Balaban J connectivity index is 1.73. The summed E-state index contributed by atoms with van der Waals surface area (Å²) in [5.74, 6) is 1.82. The van der Waals surface area contributed by atoms with Crippen molar-refractivity contribution in [3.63, 3.8) is 0 Å². The Morgan fingerprint density at radius 3 is 2.76 bits per heavy atom. The van der Waals surface area contributed by atoms with Crippen molar-refractivity contribution >= 4 is 18.0 Å². The molecule has 3 aliphatic carbocycles. The van der Waals surface area contributed by atoms with E-state index in [0.717, 1.165) is 50.4 Å². The van der Waals surface area contributed by atoms with Gasteiger partial charge in [-0.05, 0) is 67.1 Å². The lowest BCUT2D eigenvalue weighted by atomic mass is 9.55. The normalized spacial score (nSPS) is 33.2. The quantitative estimate of drug-likeness (QED) is 0.466. The molecule has 2 fully saturated rings. The molecule has 25 heavy (non-hydrogen) atoms. The number of ketones is 1. The van der Waals surface area contributed by atoms with Crippen molar-refractivity contribution in [2.75, 3.05) is 0 Å². The van der Waals surface area contributed by atoms with Gasteiger partial charge >= 0.3 is 5.97 Å². The second-order valence-corrected chi connectivity index (χ2v) is 8.09. The lowest BCUT2D eigenvalue weighted by Crippen LogP contribution is -2.42. The van der Waals surface area contributed by atoms with Gasteiger partial charge in [-0.25, -0.2) is 0 Å². The maximum absolute atomic E-state index is 12.4. The number of carbonyl (C=O) groups is 3. The van der Waals surface area contributed by atoms with Crippen LogP contribution in [0.15, 0.2) is 12.1 Å². The first-order valence-electron chi connectivity index (χ1n) is 9.28. The van der Waals surface area contributed by atoms with Crippen LogP contribution in [0.25, 0.3) is 0 Å². The monoisotopic (exact) mass is 340 g/mol. The van der Waals surface area contributed by atoms with Crippen molar-refractivity contribution in [3.8, 4) is 5.75 Å². The van der Waals surface area contributed by atoms with E-state index in [4.69, 9.17) is 4.74 Å². The lowest BCUT2D eigenvalue weighted by molar-refractivity contribution is -0.132. The Kier molecular flexibility index (Phi) is 3.82. The fraction of sp³-hybridized carbons (Fsp3) is 0.571. The largest absolute Gasteiger partial charge is 0.426 e. The molecule has 0 radical (unpaired) electrons. The van der Waals surface area contributed by atoms with E-state index in [9.17, 15) is 14.4 Å². The molecule has 0 N–H and O–H groups in total. The zero-order chi connectivity index (χ0) is 17.8. The molecule has 1 aromatic carbocycles. The third kappa shape index (κ3) is 2.37. The van der Waals surface area contributed by atoms with Crippen LogP contribution in [0.4, 0.5) is 0 Å². The van der Waals surface area contributed by atoms with Crippen LogP contribution >= 0.6 is 0 Å². The van der Waals surface area contributed by atoms with E-state index >= 15 is 0 Å². The molecular formula is C21H24O4. The first-order valence-corrected chi connectivity index (χ1v) is 9.28. The zero-order valence-corrected chi connectivity index (χ0v) is 14.8. The molecule has 0 unspecified atom stereocenters. The molecule has 4 heteroatoms. The number of carbonyl (C=O) groups excluding carboxylic acids is 3. The summed E-state index contributed by atoms with van der Waals surface area (Å²) in [4.78, 5) is 35.4. The molecule has 4 rings (SSSR count). The number of ether oxygens (including phenoxy) is 1. The van der Waals surface area contributed by atoms with Gasteiger partial charge in [0.2, 0.25) is 0 Å². The Labute approximate surface area is 147 Å². The Morgan fingerprint density at radius 1 is 1.24 bits per heavy atom. The van der Waals surface area contributed by atoms with Crippen molar-refractivity contribution in [2.24, 2.45) is 17.3 Å². The van der Waals surface area contributed by atoms with Gasteiger partial charge < -0.3 is 4.74 Å². The highest BCUT2D eigenvalue weighted by Crippen LogP contribution is 2.59. The molecule has 0 bridgehead atoms. The molecule has 2 saturated carbocycles. The van der Waals surface area contributed by atoms with E-state index in [1.807, 2.05) is 6.07 Å². The van der Waals surface area contributed by atoms with Crippen molar-refractivity contribution < 1.29 is 19.1 Å². The number of hydrogen-bond acceptors (Lipinski definition) is 4. The summed E-state index contributed by atoms with van der Waals surface area (Å²) in [7, 11) is 0. The third-order valence-electron chi connectivity index (χ3n) is 7.00. The highest BCUT2D eigenvalue weighted by molar-refractivity contribution is 5.87. The van der Waals surface area contributed by atoms with Crippen LogP contribution in [0.3, 0.4) is 0 Å². The van der Waals surface area contributed by atoms with Gasteiger partial charge in [0.25, 0.3) is 0 Å². The maximum Gasteiger partial charge on any atom is 0.308 e. The van der Waals surface area contributed by atoms with Gasteiger partial charge in [-0.3, -0.25) is 14.4 Å². The van der Waals surface area contributed by atoms with Crippen LogP contribution in [0, 0.1) is 17.3 Å². The third-order valence-corrected chi connectivity index (χ3v) is 7.00. The SMILES string of the molecule is CC(=O)Oc1ccc2c(c1C=O)CC[C@@H]1[C@@H]2CC[C@]2(C)C(=O)CC[C@@H]12. The maximum atomic E-state index is 12.4. The van der Waals surface area contributed by atoms with Crippen molar-refractivity contribution in [1.82, 2.24) is 0 Å². The van der Waals surface area contributed by atoms with E-state index < -0.39 is 5.97 Å². The molecular weight excluding hydrogens is 316 g/mol. The average Bonchev–Trinajstić information content (AvgIpc) is 2.89. The van der Waals surface area contributed by atoms with Gasteiger partial charge in [-0.1, -0.05) is 13.0 Å². The van der Waals surface area contributed by atoms with Gasteiger partial charge in [0.15, 0.2) is 6.29 Å². The van der Waals surface area contributed by atoms with Gasteiger partial charge in [0.05, 0.1) is 5.56 Å². The van der Waals surface area contributed by atoms with Gasteiger partial charge in [-0.15, -0.1) is 0 Å². The smallest absolute Gasteiger partial charge is 0.308 e. The molecule has 4 nitrogen and oxygen atoms in total. The van der Waals surface area contributed by atoms with E-state index in [-0.39, 0.29) is 5.41 Å². The zero-order valence-electron chi connectivity index (χ0n) is 14.8. The van der Waals surface area contributed by atoms with Crippen LogP contribution < -0.4 is 4.74 Å². The molecule has 1 aromatic rings. The minimum atomic E-state index is -0.408. The Morgan fingerprint density at radius 2 is 2.04 bits per heavy atom. The van der Waals surface area contributed by atoms with Crippen molar-refractivity contribution in [3.05, 3.63) is 28.8 Å². The molecule has 3 aliphatic rings. The van der Waals surface area contributed by atoms with Crippen molar-refractivity contribution in [2.45, 2.75) is 58.3 Å². The number of aldehydes is 1. The minimum absolute atomic E-state index is 0.135. The molecule has 0 heterocycles. The summed E-state index contributed by atoms with van der Waals surface area (Å²) >= 11 is 0. The summed E-state index contributed by atoms with van der Waals surface area (Å²) in [6.45, 7) is 3.52. The Hall–Kier alpha value is -1.97. The average molecular weight is 340 g/mol. The number of fused-ring (bicyclic) bond motifs is 5. The fourth-order valence-electron chi connectivity index (χ4n) is 5.82. The summed E-state index contributed by atoms with van der Waals surface area (Å²) in [5.41, 5.74) is 2.67. The predicted octanol–water partition coefficient (Wildman–Crippen LogP) is 3.85. The molecule has 0 saturated heterocycles. The standard InChI is InChI=1S/C21H24O4/c1-12(23)25-19-7-5-13-14(17(19)11-22)3-4-16-15(13)9-10-21(2)18(16)6-8-20(21)24/h5,7,11,15-16,18H,3-4,6,8-10H2,1-2H3/t15-,16-,18+,21+/m1/s1. The number of hydrogen-bond donors (Lipinski definition) is 0. The molecule has 0 amide bonds. The van der Waals surface area contributed by atoms with Crippen LogP contribution in [0.2, 0.25) is 0 Å². The van der Waals surface area contributed by atoms with Gasteiger partial charge in [-0.2, -0.15) is 0 Å². The van der Waals surface area contributed by atoms with Crippen LogP contribution in [0.1, 0.15) is 73.4 Å². The summed E-state index contributed by atoms with van der Waals surface area (Å²) in [6, 6.07) is 3.80. The van der Waals surface area contributed by atoms with Gasteiger partial charge in [0.1, 0.15) is 11.5 Å². The number of esters is 1. The number of rotatable bonds is 2. The summed E-state index contributed by atoms with van der Waals surface area (Å²) < 4.78 is 5.22. The highest BCUT2D eigenvalue weighted by atomic mass is 16.5. The fourth-order valence-corrected chi connectivity index (χ4v) is 5.82. The highest BCUT2D eigenvalue weighted by Gasteiger charge is 2.54. The van der Waals surface area contributed by atoms with Gasteiger partial charge in [0, 0.05) is 18.8 Å². The van der Waals surface area contributed by atoms with E-state index in [1.54, 1.807) is 6.07 Å². The van der Waals surface area contributed by atoms with Crippen LogP contribution in [-0.2, 0) is 16.0 Å². The van der Waals surface area contributed by atoms with E-state index in [1.165, 1.54) is 12.5 Å². The lowest BCUT2D eigenvalue weighted by Gasteiger charge is -2.48. The first kappa shape index (κ1) is 16.5. The molecule has 0 aliphatic heterocycles. The second kappa shape index (κ2) is 5.79. The first-order chi connectivity index (χ1) is 12.0. The van der Waals surface area contributed by atoms with Crippen molar-refractivity contribution in [1.29, 1.82) is 0 Å². The second-order valence-electron chi connectivity index (χ2n) is 8.09. The van der Waals surface area contributed by atoms with E-state index in [2.05, 4.69) is 6.92 Å². The molecule has 0 spiro atoms. The Bertz CT molecular complexity index is 765. The van der Waals surface area contributed by atoms with Crippen LogP contribution in [0.5, 0.6) is 5.75 Å². The number of Topliss-reactive ketones (excluding diaryl/α,β-unsaturated/α-hetero) is 1. The molecule has 132 valence electrons. The summed E-state index contributed by atoms with van der Waals surface area (Å²) in [5, 5.41) is 0. The molecule has 4 atom stereocenters. The molecule has 0 aromatic heterocycles. The topological polar surface area (TPSA) is 60.4 Å². The van der Waals surface area contributed by atoms with E-state index in [0.29, 0.717) is 34.8 Å². The summed E-state index contributed by atoms with van der Waals surface area (Å²) in [6.07, 6.45) is 6.33.